The average molecular weight is 239 g/mol. The third-order valence-corrected chi connectivity index (χ3v) is 4.71. The lowest BCUT2D eigenvalue weighted by atomic mass is 9.67. The molecule has 0 radical (unpaired) electrons. The molecule has 2 aliphatic rings. The highest BCUT2D eigenvalue weighted by atomic mass is 16.4. The quantitative estimate of drug-likeness (QED) is 0.762. The van der Waals surface area contributed by atoms with Gasteiger partial charge in [-0.2, -0.15) is 0 Å². The van der Waals surface area contributed by atoms with Crippen LogP contribution in [0.3, 0.4) is 0 Å². The van der Waals surface area contributed by atoms with Gasteiger partial charge in [0.05, 0.1) is 0 Å². The van der Waals surface area contributed by atoms with Crippen LogP contribution in [0.25, 0.3) is 0 Å². The Morgan fingerprint density at radius 1 is 1.35 bits per heavy atom. The largest absolute Gasteiger partial charge is 0.479 e. The Balaban J connectivity index is 2.35. The number of hydrogen-bond donors (Lipinski definition) is 1. The van der Waals surface area contributed by atoms with E-state index in [0.29, 0.717) is 12.3 Å². The number of carboxylic acid groups (broad SMARTS) is 1. The molecule has 1 amide bonds. The van der Waals surface area contributed by atoms with Crippen molar-refractivity contribution in [2.45, 2.75) is 57.5 Å². The van der Waals surface area contributed by atoms with E-state index in [1.54, 1.807) is 4.90 Å². The van der Waals surface area contributed by atoms with Crippen molar-refractivity contribution in [1.82, 2.24) is 4.90 Å². The molecule has 4 heteroatoms. The van der Waals surface area contributed by atoms with Gasteiger partial charge in [0.15, 0.2) is 0 Å². The van der Waals surface area contributed by atoms with Crippen LogP contribution in [0, 0.1) is 11.8 Å². The average Bonchev–Trinajstić information content (AvgIpc) is 3.09. The third kappa shape index (κ3) is 1.83. The van der Waals surface area contributed by atoms with Gasteiger partial charge in [-0.3, -0.25) is 4.79 Å². The molecule has 2 aliphatic carbocycles. The van der Waals surface area contributed by atoms with E-state index in [1.165, 1.54) is 0 Å². The van der Waals surface area contributed by atoms with Gasteiger partial charge in [0.25, 0.3) is 0 Å². The zero-order chi connectivity index (χ0) is 12.6. The molecule has 3 atom stereocenters. The first kappa shape index (κ1) is 12.4. The maximum Gasteiger partial charge on any atom is 0.329 e. The second kappa shape index (κ2) is 4.31. The van der Waals surface area contributed by atoms with Crippen LogP contribution in [-0.2, 0) is 9.59 Å². The fourth-order valence-electron chi connectivity index (χ4n) is 3.28. The van der Waals surface area contributed by atoms with Crippen LogP contribution in [0.4, 0.5) is 0 Å². The summed E-state index contributed by atoms with van der Waals surface area (Å²) in [6, 6.07) is 0.163. The monoisotopic (exact) mass is 239 g/mol. The van der Waals surface area contributed by atoms with Gasteiger partial charge in [-0.05, 0) is 31.1 Å². The minimum atomic E-state index is -0.958. The van der Waals surface area contributed by atoms with Gasteiger partial charge in [0.1, 0.15) is 5.54 Å². The summed E-state index contributed by atoms with van der Waals surface area (Å²) >= 11 is 0. The number of carbonyl (C=O) groups is 2. The molecule has 0 aromatic rings. The Labute approximate surface area is 102 Å². The highest BCUT2D eigenvalue weighted by molar-refractivity contribution is 5.82. The zero-order valence-electron chi connectivity index (χ0n) is 10.6. The van der Waals surface area contributed by atoms with E-state index < -0.39 is 11.5 Å². The SMILES string of the molecule is CC1CCCC(C(=O)O)(N(C=O)C2CC2)C1C. The summed E-state index contributed by atoms with van der Waals surface area (Å²) in [5.41, 5.74) is -0.958. The van der Waals surface area contributed by atoms with Crippen molar-refractivity contribution in [3.63, 3.8) is 0 Å². The number of carboxylic acids is 1. The molecular formula is C13H21NO3. The second-order valence-corrected chi connectivity index (χ2v) is 5.63. The van der Waals surface area contributed by atoms with Crippen LogP contribution in [0.1, 0.15) is 46.0 Å². The fourth-order valence-corrected chi connectivity index (χ4v) is 3.28. The first-order chi connectivity index (χ1) is 8.04. The lowest BCUT2D eigenvalue weighted by Crippen LogP contribution is -2.62. The van der Waals surface area contributed by atoms with E-state index >= 15 is 0 Å². The first-order valence-corrected chi connectivity index (χ1v) is 6.51. The predicted octanol–water partition coefficient (Wildman–Crippen LogP) is 1.89. The van der Waals surface area contributed by atoms with Crippen molar-refractivity contribution in [1.29, 1.82) is 0 Å². The number of carbonyl (C=O) groups excluding carboxylic acids is 1. The number of hydrogen-bond acceptors (Lipinski definition) is 2. The minimum absolute atomic E-state index is 0.0274. The summed E-state index contributed by atoms with van der Waals surface area (Å²) in [5.74, 6) is -0.434. The molecule has 1 N–H and O–H groups in total. The highest BCUT2D eigenvalue weighted by Gasteiger charge is 2.55. The van der Waals surface area contributed by atoms with Gasteiger partial charge < -0.3 is 10.0 Å². The minimum Gasteiger partial charge on any atom is -0.479 e. The maximum atomic E-state index is 11.8. The van der Waals surface area contributed by atoms with Gasteiger partial charge in [-0.1, -0.05) is 26.7 Å². The lowest BCUT2D eigenvalue weighted by Gasteiger charge is -2.48. The Hall–Kier alpha value is -1.06. The van der Waals surface area contributed by atoms with Crippen LogP contribution < -0.4 is 0 Å². The second-order valence-electron chi connectivity index (χ2n) is 5.63. The summed E-state index contributed by atoms with van der Waals surface area (Å²) in [5, 5.41) is 9.65. The molecule has 0 aromatic heterocycles. The number of amides is 1. The summed E-state index contributed by atoms with van der Waals surface area (Å²) in [6.45, 7) is 4.08. The Morgan fingerprint density at radius 2 is 2.00 bits per heavy atom. The number of rotatable bonds is 4. The molecule has 0 saturated heterocycles. The maximum absolute atomic E-state index is 11.8. The molecule has 2 rings (SSSR count). The van der Waals surface area contributed by atoms with Crippen LogP contribution in [-0.4, -0.2) is 34.0 Å². The van der Waals surface area contributed by atoms with Crippen molar-refractivity contribution < 1.29 is 14.7 Å². The van der Waals surface area contributed by atoms with E-state index in [1.807, 2.05) is 6.92 Å². The molecule has 17 heavy (non-hydrogen) atoms. The fraction of sp³-hybridized carbons (Fsp3) is 0.846. The summed E-state index contributed by atoms with van der Waals surface area (Å²) in [7, 11) is 0. The highest BCUT2D eigenvalue weighted by Crippen LogP contribution is 2.45. The van der Waals surface area contributed by atoms with Crippen molar-refractivity contribution in [3.8, 4) is 0 Å². The molecule has 2 fully saturated rings. The van der Waals surface area contributed by atoms with Crippen molar-refractivity contribution in [2.75, 3.05) is 0 Å². The Morgan fingerprint density at radius 3 is 2.47 bits per heavy atom. The standard InChI is InChI=1S/C13H21NO3/c1-9-4-3-7-13(10(9)2,12(16)17)14(8-15)11-5-6-11/h8-11H,3-7H2,1-2H3,(H,16,17). The third-order valence-electron chi connectivity index (χ3n) is 4.71. The summed E-state index contributed by atoms with van der Waals surface area (Å²) < 4.78 is 0. The van der Waals surface area contributed by atoms with Crippen molar-refractivity contribution in [3.05, 3.63) is 0 Å². The molecule has 3 unspecified atom stereocenters. The molecule has 0 bridgehead atoms. The van der Waals surface area contributed by atoms with E-state index in [4.69, 9.17) is 0 Å². The molecule has 0 spiro atoms. The van der Waals surface area contributed by atoms with Gasteiger partial charge in [0.2, 0.25) is 6.41 Å². The van der Waals surface area contributed by atoms with Gasteiger partial charge >= 0.3 is 5.97 Å². The van der Waals surface area contributed by atoms with E-state index in [9.17, 15) is 14.7 Å². The van der Waals surface area contributed by atoms with Gasteiger partial charge in [0, 0.05) is 6.04 Å². The van der Waals surface area contributed by atoms with E-state index in [0.717, 1.165) is 32.1 Å². The molecule has 4 nitrogen and oxygen atoms in total. The van der Waals surface area contributed by atoms with Gasteiger partial charge in [-0.25, -0.2) is 4.79 Å². The summed E-state index contributed by atoms with van der Waals surface area (Å²) in [4.78, 5) is 24.7. The van der Waals surface area contributed by atoms with Gasteiger partial charge in [-0.15, -0.1) is 0 Å². The molecule has 96 valence electrons. The lowest BCUT2D eigenvalue weighted by molar-refractivity contribution is -0.165. The molecule has 0 aliphatic heterocycles. The summed E-state index contributed by atoms with van der Waals surface area (Å²) in [6.07, 6.45) is 5.23. The van der Waals surface area contributed by atoms with E-state index in [2.05, 4.69) is 6.92 Å². The van der Waals surface area contributed by atoms with Crippen molar-refractivity contribution >= 4 is 12.4 Å². The Kier molecular flexibility index (Phi) is 3.15. The molecule has 2 saturated carbocycles. The van der Waals surface area contributed by atoms with Crippen molar-refractivity contribution in [2.24, 2.45) is 11.8 Å². The number of aliphatic carboxylic acids is 1. The number of nitrogens with zero attached hydrogens (tertiary/aromatic N) is 1. The zero-order valence-corrected chi connectivity index (χ0v) is 10.6. The molecular weight excluding hydrogens is 218 g/mol. The molecule has 0 aromatic carbocycles. The molecule has 0 heterocycles. The van der Waals surface area contributed by atoms with Crippen LogP contribution in [0.5, 0.6) is 0 Å². The smallest absolute Gasteiger partial charge is 0.329 e. The van der Waals surface area contributed by atoms with Crippen LogP contribution >= 0.6 is 0 Å². The normalized spacial score (nSPS) is 37.5. The van der Waals surface area contributed by atoms with Crippen LogP contribution in [0.15, 0.2) is 0 Å². The first-order valence-electron chi connectivity index (χ1n) is 6.51. The topological polar surface area (TPSA) is 57.6 Å². The van der Waals surface area contributed by atoms with Crippen LogP contribution in [0.2, 0.25) is 0 Å². The Bertz CT molecular complexity index is 327. The van der Waals surface area contributed by atoms with E-state index in [-0.39, 0.29) is 12.0 Å². The predicted molar refractivity (Wildman–Crippen MR) is 63.5 cm³/mol.